The molecule has 0 aromatic heterocycles. The van der Waals surface area contributed by atoms with Gasteiger partial charge >= 0.3 is 23.9 Å². The molecule has 9 heteroatoms. The number of ether oxygens (including phenoxy) is 4. The summed E-state index contributed by atoms with van der Waals surface area (Å²) in [5.74, 6) is -2.53. The second-order valence-corrected chi connectivity index (χ2v) is 12.4. The lowest BCUT2D eigenvalue weighted by Crippen LogP contribution is -2.33. The van der Waals surface area contributed by atoms with Crippen molar-refractivity contribution in [2.75, 3.05) is 6.61 Å². The Balaban J connectivity index is 1.44. The van der Waals surface area contributed by atoms with Gasteiger partial charge in [-0.2, -0.15) is 0 Å². The van der Waals surface area contributed by atoms with Gasteiger partial charge in [-0.25, -0.2) is 19.2 Å². The van der Waals surface area contributed by atoms with Gasteiger partial charge < -0.3 is 18.9 Å². The fourth-order valence-corrected chi connectivity index (χ4v) is 5.10. The molecule has 0 saturated heterocycles. The van der Waals surface area contributed by atoms with Crippen LogP contribution in [0.1, 0.15) is 129 Å². The van der Waals surface area contributed by atoms with E-state index in [1.807, 2.05) is 36.4 Å². The topological polar surface area (TPSA) is 122 Å². The molecule has 3 rings (SSSR count). The average molecular weight is 687 g/mol. The van der Waals surface area contributed by atoms with Crippen molar-refractivity contribution >= 4 is 29.7 Å². The van der Waals surface area contributed by atoms with E-state index >= 15 is 0 Å². The van der Waals surface area contributed by atoms with Crippen LogP contribution in [0.3, 0.4) is 0 Å². The molecule has 50 heavy (non-hydrogen) atoms. The van der Waals surface area contributed by atoms with E-state index in [4.69, 9.17) is 18.9 Å². The van der Waals surface area contributed by atoms with E-state index in [0.717, 1.165) is 49.7 Å². The van der Waals surface area contributed by atoms with E-state index in [1.165, 1.54) is 63.8 Å². The Morgan fingerprint density at radius 3 is 1.60 bits per heavy atom. The standard InChI is InChI=1S/C41H50O9/c1-5-7-9-11-12-13-15-37(42)33-20-16-31(17-21-33)32-18-22-34(23-19-32)41(46)50-36-26-24-35(25-27-36)40(45)49-30(4)39(44)48-29(3)38(43)47-28-14-10-8-6-2/h16-27,29-30H,5-15,28H2,1-4H3/t29-,30-/m0/s1. The molecule has 268 valence electrons. The first-order valence-corrected chi connectivity index (χ1v) is 17.8. The molecule has 0 aliphatic heterocycles. The molecule has 0 saturated carbocycles. The van der Waals surface area contributed by atoms with Crippen LogP contribution >= 0.6 is 0 Å². The Morgan fingerprint density at radius 1 is 0.520 bits per heavy atom. The number of benzene rings is 3. The number of unbranched alkanes of at least 4 members (excludes halogenated alkanes) is 8. The van der Waals surface area contributed by atoms with Crippen LogP contribution in [0.15, 0.2) is 72.8 Å². The monoisotopic (exact) mass is 686 g/mol. The van der Waals surface area contributed by atoms with Gasteiger partial charge in [-0.1, -0.05) is 102 Å². The first kappa shape index (κ1) is 39.6. The number of Topliss-reactive ketones (excluding diaryl/α,β-unsaturated/α-hetero) is 1. The Labute approximate surface area is 295 Å². The minimum atomic E-state index is -1.27. The first-order chi connectivity index (χ1) is 24.1. The molecule has 3 aromatic rings. The summed E-state index contributed by atoms with van der Waals surface area (Å²) in [4.78, 5) is 62.4. The number of carbonyl (C=O) groups is 5. The molecular formula is C41H50O9. The van der Waals surface area contributed by atoms with Crippen molar-refractivity contribution in [1.82, 2.24) is 0 Å². The molecule has 0 unspecified atom stereocenters. The van der Waals surface area contributed by atoms with Crippen LogP contribution in [-0.2, 0) is 23.8 Å². The molecule has 2 atom stereocenters. The molecule has 0 heterocycles. The minimum Gasteiger partial charge on any atom is -0.463 e. The Morgan fingerprint density at radius 2 is 1.00 bits per heavy atom. The predicted molar refractivity (Wildman–Crippen MR) is 191 cm³/mol. The molecular weight excluding hydrogens is 636 g/mol. The molecule has 0 aliphatic carbocycles. The van der Waals surface area contributed by atoms with E-state index in [0.29, 0.717) is 17.5 Å². The molecule has 0 N–H and O–H groups in total. The normalized spacial score (nSPS) is 12.0. The van der Waals surface area contributed by atoms with Crippen LogP contribution in [0.4, 0.5) is 0 Å². The van der Waals surface area contributed by atoms with E-state index in [2.05, 4.69) is 13.8 Å². The van der Waals surface area contributed by atoms with Gasteiger partial charge in [0.15, 0.2) is 18.0 Å². The van der Waals surface area contributed by atoms with Crippen molar-refractivity contribution in [3.8, 4) is 16.9 Å². The van der Waals surface area contributed by atoms with E-state index < -0.39 is 36.1 Å². The zero-order chi connectivity index (χ0) is 36.3. The van der Waals surface area contributed by atoms with Gasteiger partial charge in [0.1, 0.15) is 5.75 Å². The fraction of sp³-hybridized carbons (Fsp3) is 0.439. The van der Waals surface area contributed by atoms with Crippen molar-refractivity contribution in [3.63, 3.8) is 0 Å². The highest BCUT2D eigenvalue weighted by atomic mass is 16.6. The largest absolute Gasteiger partial charge is 0.463 e. The van der Waals surface area contributed by atoms with Crippen LogP contribution in [0.5, 0.6) is 5.75 Å². The van der Waals surface area contributed by atoms with Crippen molar-refractivity contribution < 1.29 is 42.9 Å². The summed E-state index contributed by atoms with van der Waals surface area (Å²) in [5.41, 5.74) is 2.99. The Hall–Kier alpha value is -4.79. The second kappa shape index (κ2) is 21.3. The maximum atomic E-state index is 12.8. The Kier molecular flexibility index (Phi) is 16.9. The Bertz CT molecular complexity index is 1530. The zero-order valence-corrected chi connectivity index (χ0v) is 29.7. The van der Waals surface area contributed by atoms with Crippen LogP contribution in [0.25, 0.3) is 11.1 Å². The smallest absolute Gasteiger partial charge is 0.348 e. The van der Waals surface area contributed by atoms with Crippen LogP contribution in [0, 0.1) is 0 Å². The highest BCUT2D eigenvalue weighted by Crippen LogP contribution is 2.23. The maximum absolute atomic E-state index is 12.8. The average Bonchev–Trinajstić information content (AvgIpc) is 3.13. The quantitative estimate of drug-likeness (QED) is 0.0355. The lowest BCUT2D eigenvalue weighted by atomic mass is 9.99. The van der Waals surface area contributed by atoms with Crippen molar-refractivity contribution in [1.29, 1.82) is 0 Å². The molecule has 3 aromatic carbocycles. The summed E-state index contributed by atoms with van der Waals surface area (Å²) >= 11 is 0. The minimum absolute atomic E-state index is 0.128. The summed E-state index contributed by atoms with van der Waals surface area (Å²) in [7, 11) is 0. The first-order valence-electron chi connectivity index (χ1n) is 17.8. The highest BCUT2D eigenvalue weighted by Gasteiger charge is 2.26. The van der Waals surface area contributed by atoms with Gasteiger partial charge in [0.05, 0.1) is 17.7 Å². The lowest BCUT2D eigenvalue weighted by molar-refractivity contribution is -0.171. The number of hydrogen-bond acceptors (Lipinski definition) is 9. The fourth-order valence-electron chi connectivity index (χ4n) is 5.10. The zero-order valence-electron chi connectivity index (χ0n) is 29.7. The van der Waals surface area contributed by atoms with Gasteiger partial charge in [0, 0.05) is 12.0 Å². The van der Waals surface area contributed by atoms with Crippen LogP contribution in [-0.4, -0.2) is 48.5 Å². The maximum Gasteiger partial charge on any atom is 0.348 e. The van der Waals surface area contributed by atoms with Gasteiger partial charge in [-0.15, -0.1) is 0 Å². The third kappa shape index (κ3) is 13.3. The number of ketones is 1. The second-order valence-electron chi connectivity index (χ2n) is 12.4. The predicted octanol–water partition coefficient (Wildman–Crippen LogP) is 9.11. The summed E-state index contributed by atoms with van der Waals surface area (Å²) in [6.45, 7) is 7.27. The molecule has 0 spiro atoms. The lowest BCUT2D eigenvalue weighted by Gasteiger charge is -2.16. The van der Waals surface area contributed by atoms with E-state index in [9.17, 15) is 24.0 Å². The third-order valence-electron chi connectivity index (χ3n) is 8.20. The number of rotatable bonds is 21. The van der Waals surface area contributed by atoms with E-state index in [-0.39, 0.29) is 23.7 Å². The molecule has 9 nitrogen and oxygen atoms in total. The van der Waals surface area contributed by atoms with Crippen molar-refractivity contribution in [2.24, 2.45) is 0 Å². The van der Waals surface area contributed by atoms with Gasteiger partial charge in [0.25, 0.3) is 0 Å². The van der Waals surface area contributed by atoms with Gasteiger partial charge in [-0.05, 0) is 74.2 Å². The van der Waals surface area contributed by atoms with Crippen molar-refractivity contribution in [2.45, 2.75) is 111 Å². The molecule has 0 fully saturated rings. The SMILES string of the molecule is CCCCCCCCC(=O)c1ccc(-c2ccc(C(=O)Oc3ccc(C(=O)O[C@@H](C)C(=O)O[C@@H](C)C(=O)OCCCCCC)cc3)cc2)cc1. The molecule has 0 bridgehead atoms. The molecule has 0 radical (unpaired) electrons. The van der Waals surface area contributed by atoms with Gasteiger partial charge in [0.2, 0.25) is 0 Å². The summed E-state index contributed by atoms with van der Waals surface area (Å²) < 4.78 is 20.9. The van der Waals surface area contributed by atoms with Crippen molar-refractivity contribution in [3.05, 3.63) is 89.5 Å². The number of esters is 4. The number of carbonyl (C=O) groups excluding carboxylic acids is 5. The highest BCUT2D eigenvalue weighted by molar-refractivity contribution is 5.96. The molecule has 0 amide bonds. The summed E-state index contributed by atoms with van der Waals surface area (Å²) in [5, 5.41) is 0. The van der Waals surface area contributed by atoms with Crippen LogP contribution in [0.2, 0.25) is 0 Å². The van der Waals surface area contributed by atoms with E-state index in [1.54, 1.807) is 12.1 Å². The van der Waals surface area contributed by atoms with Crippen LogP contribution < -0.4 is 4.74 Å². The van der Waals surface area contributed by atoms with Gasteiger partial charge in [-0.3, -0.25) is 4.79 Å². The summed E-state index contributed by atoms with van der Waals surface area (Å²) in [6, 6.07) is 20.2. The summed E-state index contributed by atoms with van der Waals surface area (Å²) in [6.07, 6.45) is 8.81. The molecule has 0 aliphatic rings. The third-order valence-corrected chi connectivity index (χ3v) is 8.20. The number of hydrogen-bond donors (Lipinski definition) is 0.